The summed E-state index contributed by atoms with van der Waals surface area (Å²) in [4.78, 5) is 13.4. The first-order valence-electron chi connectivity index (χ1n) is 4.88. The molecule has 1 fully saturated rings. The summed E-state index contributed by atoms with van der Waals surface area (Å²) in [6, 6.07) is 4.00. The van der Waals surface area contributed by atoms with Gasteiger partial charge in [0.1, 0.15) is 0 Å². The van der Waals surface area contributed by atoms with E-state index in [9.17, 15) is 9.90 Å². The maximum Gasteiger partial charge on any atom is 0.233 e. The van der Waals surface area contributed by atoms with E-state index >= 15 is 0 Å². The topological polar surface area (TPSA) is 40.5 Å². The molecule has 0 spiro atoms. The van der Waals surface area contributed by atoms with Gasteiger partial charge >= 0.3 is 0 Å². The summed E-state index contributed by atoms with van der Waals surface area (Å²) in [7, 11) is 0. The van der Waals surface area contributed by atoms with Gasteiger partial charge in [0, 0.05) is 13.1 Å². The number of amides is 1. The number of aliphatic hydroxyl groups is 1. The van der Waals surface area contributed by atoms with E-state index in [1.54, 1.807) is 28.0 Å². The summed E-state index contributed by atoms with van der Waals surface area (Å²) < 4.78 is 1.17. The fourth-order valence-corrected chi connectivity index (χ4v) is 3.23. The summed E-state index contributed by atoms with van der Waals surface area (Å²) in [5, 5.41) is 11.3. The Morgan fingerprint density at radius 2 is 2.60 bits per heavy atom. The lowest BCUT2D eigenvalue weighted by molar-refractivity contribution is -0.127. The lowest BCUT2D eigenvalue weighted by Crippen LogP contribution is -2.30. The minimum atomic E-state index is -0.319. The Balaban J connectivity index is 1.78. The van der Waals surface area contributed by atoms with Gasteiger partial charge in [0.15, 0.2) is 0 Å². The molecule has 0 unspecified atom stereocenters. The molecule has 1 aliphatic rings. The number of hydrogen-bond acceptors (Lipinski definition) is 4. The molecule has 1 aromatic rings. The number of thioether (sulfide) groups is 1. The Morgan fingerprint density at radius 1 is 1.73 bits per heavy atom. The molecule has 0 bridgehead atoms. The van der Waals surface area contributed by atoms with E-state index in [0.717, 1.165) is 6.42 Å². The fourth-order valence-electron chi connectivity index (χ4n) is 1.54. The van der Waals surface area contributed by atoms with Crippen LogP contribution in [0.15, 0.2) is 21.7 Å². The zero-order valence-electron chi connectivity index (χ0n) is 8.26. The highest BCUT2D eigenvalue weighted by molar-refractivity contribution is 8.01. The van der Waals surface area contributed by atoms with Gasteiger partial charge in [-0.05, 0) is 17.9 Å². The van der Waals surface area contributed by atoms with E-state index in [2.05, 4.69) is 0 Å². The Hall–Kier alpha value is -0.520. The minimum absolute atomic E-state index is 0.130. The van der Waals surface area contributed by atoms with Crippen molar-refractivity contribution in [3.8, 4) is 0 Å². The van der Waals surface area contributed by atoms with Gasteiger partial charge in [-0.3, -0.25) is 4.79 Å². The van der Waals surface area contributed by atoms with Crippen LogP contribution < -0.4 is 0 Å². The van der Waals surface area contributed by atoms with Crippen LogP contribution in [0.5, 0.6) is 0 Å². The minimum Gasteiger partial charge on any atom is -0.391 e. The predicted molar refractivity (Wildman–Crippen MR) is 62.2 cm³/mol. The first-order valence-corrected chi connectivity index (χ1v) is 6.74. The highest BCUT2D eigenvalue weighted by atomic mass is 32.2. The van der Waals surface area contributed by atoms with Crippen LogP contribution in [0.25, 0.3) is 0 Å². The van der Waals surface area contributed by atoms with E-state index in [-0.39, 0.29) is 12.0 Å². The second kappa shape index (κ2) is 5.01. The Morgan fingerprint density at radius 3 is 3.20 bits per heavy atom. The molecule has 2 rings (SSSR count). The molecule has 82 valence electrons. The van der Waals surface area contributed by atoms with Crippen LogP contribution >= 0.6 is 23.1 Å². The second-order valence-corrected chi connectivity index (χ2v) is 5.73. The van der Waals surface area contributed by atoms with E-state index in [1.807, 2.05) is 17.5 Å². The lowest BCUT2D eigenvalue weighted by Gasteiger charge is -2.14. The molecule has 5 heteroatoms. The van der Waals surface area contributed by atoms with Crippen LogP contribution in [0.2, 0.25) is 0 Å². The second-order valence-electron chi connectivity index (χ2n) is 3.50. The molecular formula is C10H13NO2S2. The monoisotopic (exact) mass is 243 g/mol. The zero-order chi connectivity index (χ0) is 10.7. The molecule has 1 aromatic heterocycles. The molecule has 1 saturated heterocycles. The molecule has 0 aliphatic carbocycles. The Labute approximate surface area is 97.1 Å². The zero-order valence-corrected chi connectivity index (χ0v) is 9.89. The number of likely N-dealkylation sites (tertiary alicyclic amines) is 1. The van der Waals surface area contributed by atoms with Crippen LogP contribution in [-0.2, 0) is 4.79 Å². The van der Waals surface area contributed by atoms with Crippen molar-refractivity contribution >= 4 is 29.0 Å². The summed E-state index contributed by atoms with van der Waals surface area (Å²) in [5.41, 5.74) is 0. The summed E-state index contributed by atoms with van der Waals surface area (Å²) in [6.07, 6.45) is 0.399. The molecule has 1 aliphatic heterocycles. The van der Waals surface area contributed by atoms with Gasteiger partial charge in [-0.2, -0.15) is 0 Å². The number of carbonyl (C=O) groups excluding carboxylic acids is 1. The van der Waals surface area contributed by atoms with Gasteiger partial charge in [0.2, 0.25) is 5.91 Å². The maximum absolute atomic E-state index is 11.7. The highest BCUT2D eigenvalue weighted by Crippen LogP contribution is 2.24. The largest absolute Gasteiger partial charge is 0.391 e. The van der Waals surface area contributed by atoms with Crippen molar-refractivity contribution in [3.05, 3.63) is 17.5 Å². The number of hydrogen-bond donors (Lipinski definition) is 1. The van der Waals surface area contributed by atoms with Crippen molar-refractivity contribution in [2.45, 2.75) is 16.7 Å². The molecule has 0 radical (unpaired) electrons. The first kappa shape index (κ1) is 11.0. The molecule has 0 aromatic carbocycles. The van der Waals surface area contributed by atoms with E-state index in [1.165, 1.54) is 4.21 Å². The third-order valence-electron chi connectivity index (χ3n) is 2.35. The molecule has 1 amide bonds. The average Bonchev–Trinajstić information content (AvgIpc) is 2.84. The van der Waals surface area contributed by atoms with Crippen LogP contribution in [0, 0.1) is 0 Å². The van der Waals surface area contributed by atoms with Crippen molar-refractivity contribution in [2.24, 2.45) is 0 Å². The van der Waals surface area contributed by atoms with Gasteiger partial charge in [-0.25, -0.2) is 0 Å². The van der Waals surface area contributed by atoms with Crippen molar-refractivity contribution < 1.29 is 9.90 Å². The predicted octanol–water partition coefficient (Wildman–Crippen LogP) is 1.43. The van der Waals surface area contributed by atoms with Crippen molar-refractivity contribution in [1.29, 1.82) is 0 Å². The molecule has 3 nitrogen and oxygen atoms in total. The van der Waals surface area contributed by atoms with Gasteiger partial charge in [-0.15, -0.1) is 23.1 Å². The Kier molecular flexibility index (Phi) is 3.66. The number of aliphatic hydroxyl groups excluding tert-OH is 1. The summed E-state index contributed by atoms with van der Waals surface area (Å²) >= 11 is 3.22. The molecule has 1 atom stereocenters. The number of nitrogens with zero attached hydrogens (tertiary/aromatic N) is 1. The van der Waals surface area contributed by atoms with Gasteiger partial charge in [0.25, 0.3) is 0 Å². The highest BCUT2D eigenvalue weighted by Gasteiger charge is 2.24. The third-order valence-corrected chi connectivity index (χ3v) is 4.46. The molecule has 15 heavy (non-hydrogen) atoms. The fraction of sp³-hybridized carbons (Fsp3) is 0.500. The standard InChI is InChI=1S/C10H13NO2S2/c12-8-3-4-11(6-8)9(13)7-15-10-2-1-5-14-10/h1-2,5,8,12H,3-4,6-7H2/t8-/m0/s1. The van der Waals surface area contributed by atoms with Crippen LogP contribution in [-0.4, -0.2) is 40.9 Å². The quantitative estimate of drug-likeness (QED) is 0.817. The lowest BCUT2D eigenvalue weighted by atomic mass is 10.3. The number of thiophene rings is 1. The van der Waals surface area contributed by atoms with Crippen molar-refractivity contribution in [3.63, 3.8) is 0 Å². The van der Waals surface area contributed by atoms with E-state index in [0.29, 0.717) is 18.8 Å². The van der Waals surface area contributed by atoms with Crippen molar-refractivity contribution in [1.82, 2.24) is 4.90 Å². The molecule has 2 heterocycles. The molecule has 0 saturated carbocycles. The van der Waals surface area contributed by atoms with Crippen LogP contribution in [0.1, 0.15) is 6.42 Å². The maximum atomic E-state index is 11.7. The SMILES string of the molecule is O=C(CSc1cccs1)N1CC[C@H](O)C1. The smallest absolute Gasteiger partial charge is 0.233 e. The molecular weight excluding hydrogens is 230 g/mol. The third kappa shape index (κ3) is 2.96. The van der Waals surface area contributed by atoms with Gasteiger partial charge < -0.3 is 10.0 Å². The summed E-state index contributed by atoms with van der Waals surface area (Å²) in [6.45, 7) is 1.20. The average molecular weight is 243 g/mol. The van der Waals surface area contributed by atoms with E-state index in [4.69, 9.17) is 0 Å². The summed E-state index contributed by atoms with van der Waals surface area (Å²) in [5.74, 6) is 0.609. The number of rotatable bonds is 3. The normalized spacial score (nSPS) is 20.9. The van der Waals surface area contributed by atoms with Crippen LogP contribution in [0.3, 0.4) is 0 Å². The van der Waals surface area contributed by atoms with Crippen molar-refractivity contribution in [2.75, 3.05) is 18.8 Å². The first-order chi connectivity index (χ1) is 7.25. The van der Waals surface area contributed by atoms with Crippen LogP contribution in [0.4, 0.5) is 0 Å². The Bertz CT molecular complexity index is 326. The van der Waals surface area contributed by atoms with E-state index < -0.39 is 0 Å². The number of carbonyl (C=O) groups is 1. The van der Waals surface area contributed by atoms with Gasteiger partial charge in [0.05, 0.1) is 16.1 Å². The van der Waals surface area contributed by atoms with Gasteiger partial charge in [-0.1, -0.05) is 6.07 Å². The molecule has 1 N–H and O–H groups in total. The number of β-amino-alcohol motifs (C(OH)–C–C–N with tert-alkyl or cyclic N) is 1.